The number of rotatable bonds is 9. The van der Waals surface area contributed by atoms with Gasteiger partial charge in [0.15, 0.2) is 22.9 Å². The van der Waals surface area contributed by atoms with Crippen molar-refractivity contribution >= 4 is 52.4 Å². The summed E-state index contributed by atoms with van der Waals surface area (Å²) in [4.78, 5) is 16.4. The fraction of sp³-hybridized carbons (Fsp3) is 0.353. The topological polar surface area (TPSA) is 214 Å². The molecule has 4 aromatic heterocycles. The van der Waals surface area contributed by atoms with Gasteiger partial charge in [-0.05, 0) is 43.9 Å². The zero-order valence-corrected chi connectivity index (χ0v) is 32.1. The van der Waals surface area contributed by atoms with Crippen molar-refractivity contribution in [3.63, 3.8) is 0 Å². The van der Waals surface area contributed by atoms with Gasteiger partial charge in [-0.1, -0.05) is 62.6 Å². The molecule has 2 aromatic carbocycles. The van der Waals surface area contributed by atoms with E-state index in [1.807, 2.05) is 0 Å². The molecule has 0 spiro atoms. The Balaban J connectivity index is 0. The number of nitrogen functional groups attached to an aromatic ring is 1. The first kappa shape index (κ1) is 56.6. The third-order valence-corrected chi connectivity index (χ3v) is 9.06. The fourth-order valence-corrected chi connectivity index (χ4v) is 5.58. The summed E-state index contributed by atoms with van der Waals surface area (Å²) >= 11 is 0. The molecule has 336 valence electrons. The van der Waals surface area contributed by atoms with E-state index in [-0.39, 0.29) is 47.4 Å². The number of sulfonamides is 1. The number of methoxy groups -OCH3 is 2. The predicted octanol–water partition coefficient (Wildman–Crippen LogP) is 6.99. The van der Waals surface area contributed by atoms with E-state index in [4.69, 9.17) is 25.9 Å². The maximum Gasteiger partial charge on any atom is 0.319 e. The van der Waals surface area contributed by atoms with Crippen LogP contribution in [0, 0.1) is 34.9 Å². The van der Waals surface area contributed by atoms with E-state index in [1.165, 1.54) is 39.9 Å². The van der Waals surface area contributed by atoms with Gasteiger partial charge in [0.2, 0.25) is 0 Å². The number of nitrogens with zero attached hydrogens (tertiary/aromatic N) is 9. The van der Waals surface area contributed by atoms with Crippen LogP contribution in [-0.2, 0) is 19.1 Å². The summed E-state index contributed by atoms with van der Waals surface area (Å²) in [5.74, 6) is -5.48. The molecule has 6 aromatic rings. The number of halogens is 7. The molecular formula is C34H48ClF6N11O6S2. The van der Waals surface area contributed by atoms with Crippen LogP contribution >= 0.6 is 10.7 Å². The molecule has 6 rings (SSSR count). The van der Waals surface area contributed by atoms with Crippen molar-refractivity contribution in [2.75, 3.05) is 44.3 Å². The van der Waals surface area contributed by atoms with E-state index in [2.05, 4.69) is 55.8 Å². The van der Waals surface area contributed by atoms with Gasteiger partial charge in [0.05, 0.1) is 26.6 Å². The molecule has 0 saturated heterocycles. The Morgan fingerprint density at radius 3 is 1.37 bits per heavy atom. The van der Waals surface area contributed by atoms with Crippen molar-refractivity contribution in [2.24, 2.45) is 0 Å². The molecule has 0 radical (unpaired) electrons. The standard InChI is InChI=1S/C12H8F3N5O3S.C6H4ClFN4O3S.C6H5F2N.C6H15N.4CH4/c1-23-12-16-5-8(15)10-17-11(18-20(10)12)24(21,22)19-9-6(13)3-2-4-7(9)14;1-15-6-9-2-3(8)4-10-5(11-12(4)6)16(7,13)14;7-4-2-1-3-5(8)6(4)9;1-4-7(5-2)6-3;;;;/h2-5,19H,1H3;2H,1H3;1-3H,9H2;4-6H2,1-3H3;4*1H4. The predicted molar refractivity (Wildman–Crippen MR) is 216 cm³/mol. The van der Waals surface area contributed by atoms with E-state index in [1.54, 1.807) is 4.72 Å². The zero-order valence-electron chi connectivity index (χ0n) is 29.8. The van der Waals surface area contributed by atoms with Gasteiger partial charge in [0, 0.05) is 10.7 Å². The Bertz CT molecular complexity index is 2470. The number of benzene rings is 2. The SMILES string of the molecule is C.C.C.C.CCN(CC)CC.COc1ncc(F)c2nc(S(=O)(=O)Cl)nn12.COc1ncc(F)c2nc(S(=O)(=O)Nc3c(F)cccc3F)nn12.Nc1c(F)cccc1F. The highest BCUT2D eigenvalue weighted by atomic mass is 35.7. The second-order valence-corrected chi connectivity index (χ2v) is 14.4. The van der Waals surface area contributed by atoms with Crippen molar-refractivity contribution in [1.82, 2.24) is 44.1 Å². The summed E-state index contributed by atoms with van der Waals surface area (Å²) in [5, 5.41) is 5.41. The highest BCUT2D eigenvalue weighted by Gasteiger charge is 2.26. The van der Waals surface area contributed by atoms with E-state index in [0.717, 1.165) is 47.2 Å². The molecule has 60 heavy (non-hydrogen) atoms. The summed E-state index contributed by atoms with van der Waals surface area (Å²) in [6.07, 6.45) is 1.61. The number of nitrogens with one attached hydrogen (secondary N) is 1. The third kappa shape index (κ3) is 14.0. The highest BCUT2D eigenvalue weighted by molar-refractivity contribution is 8.13. The van der Waals surface area contributed by atoms with E-state index in [0.29, 0.717) is 4.52 Å². The minimum Gasteiger partial charge on any atom is -0.467 e. The van der Waals surface area contributed by atoms with Gasteiger partial charge in [0.25, 0.3) is 29.4 Å². The summed E-state index contributed by atoms with van der Waals surface area (Å²) in [6, 6.07) is 5.96. The second-order valence-electron chi connectivity index (χ2n) is 10.3. The molecule has 3 N–H and O–H groups in total. The first-order valence-corrected chi connectivity index (χ1v) is 19.4. The van der Waals surface area contributed by atoms with Gasteiger partial charge >= 0.3 is 12.0 Å². The average Bonchev–Trinajstić information content (AvgIpc) is 3.83. The van der Waals surface area contributed by atoms with Crippen LogP contribution in [0.4, 0.5) is 37.7 Å². The Labute approximate surface area is 349 Å². The minimum atomic E-state index is -4.58. The Morgan fingerprint density at radius 1 is 0.667 bits per heavy atom. The summed E-state index contributed by atoms with van der Waals surface area (Å²) in [7, 11) is -1.20. The van der Waals surface area contributed by atoms with Gasteiger partial charge in [-0.2, -0.15) is 27.4 Å². The highest BCUT2D eigenvalue weighted by Crippen LogP contribution is 2.23. The normalized spacial score (nSPS) is 10.5. The molecule has 4 heterocycles. The number of anilines is 2. The average molecular weight is 920 g/mol. The van der Waals surface area contributed by atoms with Crippen molar-refractivity contribution < 1.29 is 52.7 Å². The lowest BCUT2D eigenvalue weighted by Crippen LogP contribution is -2.21. The fourth-order valence-electron chi connectivity index (χ4n) is 4.06. The van der Waals surface area contributed by atoms with Crippen LogP contribution in [0.5, 0.6) is 12.0 Å². The Kier molecular flexibility index (Phi) is 23.1. The molecule has 0 atom stereocenters. The molecule has 0 saturated carbocycles. The molecule has 17 nitrogen and oxygen atoms in total. The van der Waals surface area contributed by atoms with Gasteiger partial charge in [-0.15, -0.1) is 10.2 Å². The van der Waals surface area contributed by atoms with E-state index < -0.39 is 81.3 Å². The molecule has 0 bridgehead atoms. The molecular weight excluding hydrogens is 872 g/mol. The summed E-state index contributed by atoms with van der Waals surface area (Å²) in [6.45, 7) is 10.1. The summed E-state index contributed by atoms with van der Waals surface area (Å²) < 4.78 is 138. The van der Waals surface area contributed by atoms with Gasteiger partial charge in [-0.3, -0.25) is 4.72 Å². The lowest BCUT2D eigenvalue weighted by atomic mass is 10.3. The largest absolute Gasteiger partial charge is 0.467 e. The van der Waals surface area contributed by atoms with Gasteiger partial charge < -0.3 is 20.1 Å². The van der Waals surface area contributed by atoms with Crippen LogP contribution in [0.1, 0.15) is 50.5 Å². The zero-order chi connectivity index (χ0) is 42.0. The maximum absolute atomic E-state index is 13.7. The van der Waals surface area contributed by atoms with Crippen LogP contribution in [0.3, 0.4) is 0 Å². The Morgan fingerprint density at radius 2 is 1.03 bits per heavy atom. The first-order valence-electron chi connectivity index (χ1n) is 15.6. The first-order chi connectivity index (χ1) is 26.3. The molecule has 0 aliphatic carbocycles. The van der Waals surface area contributed by atoms with Crippen molar-refractivity contribution in [3.8, 4) is 12.0 Å². The molecule has 26 heteroatoms. The molecule has 0 fully saturated rings. The second kappa shape index (κ2) is 24.5. The van der Waals surface area contributed by atoms with Gasteiger partial charge in [0.1, 0.15) is 34.6 Å². The molecule has 0 unspecified atom stereocenters. The van der Waals surface area contributed by atoms with Crippen LogP contribution < -0.4 is 19.9 Å². The lowest BCUT2D eigenvalue weighted by Gasteiger charge is -2.13. The molecule has 0 amide bonds. The van der Waals surface area contributed by atoms with Crippen molar-refractivity contribution in [1.29, 1.82) is 0 Å². The number of hydrogen-bond donors (Lipinski definition) is 2. The lowest BCUT2D eigenvalue weighted by molar-refractivity contribution is 0.321. The molecule has 0 aliphatic heterocycles. The quantitative estimate of drug-likeness (QED) is 0.0850. The van der Waals surface area contributed by atoms with Crippen molar-refractivity contribution in [2.45, 2.75) is 60.8 Å². The Hall–Kier alpha value is -5.53. The molecule has 0 aliphatic rings. The van der Waals surface area contributed by atoms with Crippen LogP contribution in [0.15, 0.2) is 59.1 Å². The number of fused-ring (bicyclic) bond motifs is 2. The van der Waals surface area contributed by atoms with Crippen LogP contribution in [0.25, 0.3) is 11.3 Å². The smallest absolute Gasteiger partial charge is 0.319 e. The number of para-hydroxylation sites is 2. The van der Waals surface area contributed by atoms with Crippen LogP contribution in [-0.4, -0.2) is 94.8 Å². The maximum atomic E-state index is 13.7. The number of nitrogens with two attached hydrogens (primary N) is 1. The number of ether oxygens (including phenoxy) is 2. The van der Waals surface area contributed by atoms with E-state index >= 15 is 0 Å². The van der Waals surface area contributed by atoms with Crippen molar-refractivity contribution in [3.05, 3.63) is 83.7 Å². The number of aromatic nitrogens is 8. The van der Waals surface area contributed by atoms with Gasteiger partial charge in [-0.25, -0.2) is 44.7 Å². The minimum absolute atomic E-state index is 0. The number of hydrogen-bond acceptors (Lipinski definition) is 14. The monoisotopic (exact) mass is 919 g/mol. The van der Waals surface area contributed by atoms with Crippen LogP contribution in [0.2, 0.25) is 0 Å². The van der Waals surface area contributed by atoms with E-state index in [9.17, 15) is 43.2 Å². The summed E-state index contributed by atoms with van der Waals surface area (Å²) in [5.41, 5.74) is 2.81. The third-order valence-electron chi connectivity index (χ3n) is 6.91.